The summed E-state index contributed by atoms with van der Waals surface area (Å²) in [6, 6.07) is 3.23. The Labute approximate surface area is 168 Å². The van der Waals surface area contributed by atoms with Gasteiger partial charge in [-0.2, -0.15) is 13.9 Å². The van der Waals surface area contributed by atoms with Crippen LogP contribution in [-0.4, -0.2) is 49.8 Å². The molecular formula is C19H18F4N4O3. The molecule has 160 valence electrons. The van der Waals surface area contributed by atoms with E-state index in [1.54, 1.807) is 23.7 Å². The summed E-state index contributed by atoms with van der Waals surface area (Å²) < 4.78 is 57.0. The van der Waals surface area contributed by atoms with Gasteiger partial charge >= 0.3 is 18.3 Å². The largest absolute Gasteiger partial charge is 0.476 e. The van der Waals surface area contributed by atoms with E-state index in [1.807, 2.05) is 6.92 Å². The average molecular weight is 426 g/mol. The van der Waals surface area contributed by atoms with Crippen molar-refractivity contribution in [2.45, 2.75) is 39.2 Å². The molecule has 0 aliphatic rings. The summed E-state index contributed by atoms with van der Waals surface area (Å²) in [5.74, 6) is -5.60. The minimum absolute atomic E-state index is 0.0892. The highest BCUT2D eigenvalue weighted by molar-refractivity contribution is 6.01. The van der Waals surface area contributed by atoms with Crippen molar-refractivity contribution in [3.63, 3.8) is 0 Å². The van der Waals surface area contributed by atoms with E-state index in [2.05, 4.69) is 15.1 Å². The average Bonchev–Trinajstić information content (AvgIpc) is 3.03. The molecule has 0 aromatic carbocycles. The van der Waals surface area contributed by atoms with Crippen LogP contribution in [0.4, 0.5) is 17.6 Å². The molecular weight excluding hydrogens is 408 g/mol. The molecule has 3 heterocycles. The van der Waals surface area contributed by atoms with Gasteiger partial charge in [-0.05, 0) is 31.0 Å². The zero-order chi connectivity index (χ0) is 22.1. The number of pyridine rings is 2. The summed E-state index contributed by atoms with van der Waals surface area (Å²) in [4.78, 5) is 19.3. The minimum atomic E-state index is -4.27. The number of fused-ring (bicyclic) bond motifs is 1. The first-order valence-corrected chi connectivity index (χ1v) is 8.96. The number of aromatic nitrogens is 4. The number of alkyl halides is 4. The van der Waals surface area contributed by atoms with Crippen LogP contribution in [0.5, 0.6) is 5.88 Å². The van der Waals surface area contributed by atoms with Crippen LogP contribution in [0.15, 0.2) is 24.5 Å². The number of aryl methyl sites for hydroxylation is 2. The topological polar surface area (TPSA) is 90.1 Å². The lowest BCUT2D eigenvalue weighted by Gasteiger charge is -2.16. The first-order valence-electron chi connectivity index (χ1n) is 8.96. The molecule has 0 aliphatic carbocycles. The number of nitrogens with zero attached hydrogens (tertiary/aromatic N) is 4. The number of ether oxygens (including phenoxy) is 1. The van der Waals surface area contributed by atoms with Crippen LogP contribution in [0.25, 0.3) is 10.9 Å². The Kier molecular flexibility index (Phi) is 5.90. The molecule has 0 amide bonds. The van der Waals surface area contributed by atoms with Gasteiger partial charge in [0.25, 0.3) is 0 Å². The molecule has 7 nitrogen and oxygen atoms in total. The van der Waals surface area contributed by atoms with E-state index in [0.717, 1.165) is 0 Å². The van der Waals surface area contributed by atoms with E-state index in [9.17, 15) is 27.5 Å². The maximum atomic E-state index is 13.0. The van der Waals surface area contributed by atoms with Gasteiger partial charge in [-0.15, -0.1) is 0 Å². The third kappa shape index (κ3) is 4.19. The fraction of sp³-hybridized carbons (Fsp3) is 0.368. The van der Waals surface area contributed by atoms with E-state index < -0.39 is 24.9 Å². The smallest absolute Gasteiger partial charge is 0.355 e. The number of carboxylic acid groups (broad SMARTS) is 1. The predicted molar refractivity (Wildman–Crippen MR) is 98.4 cm³/mol. The van der Waals surface area contributed by atoms with Crippen LogP contribution in [0.1, 0.15) is 34.2 Å². The van der Waals surface area contributed by atoms with Crippen LogP contribution < -0.4 is 4.74 Å². The van der Waals surface area contributed by atoms with Crippen molar-refractivity contribution in [1.29, 1.82) is 0 Å². The first-order chi connectivity index (χ1) is 14.1. The maximum Gasteiger partial charge on any atom is 0.355 e. The summed E-state index contributed by atoms with van der Waals surface area (Å²) in [6.07, 6.45) is -0.594. The number of halogens is 4. The summed E-state index contributed by atoms with van der Waals surface area (Å²) >= 11 is 0. The van der Waals surface area contributed by atoms with Crippen molar-refractivity contribution < 1.29 is 32.2 Å². The molecule has 3 rings (SSSR count). The fourth-order valence-electron chi connectivity index (χ4n) is 3.05. The SMILES string of the molecule is CCc1c2c(C(=O)O)nccc2nn1Cc1cnc(OCC(F)(F)C(F)F)c(C)c1. The Morgan fingerprint density at radius 1 is 1.33 bits per heavy atom. The zero-order valence-corrected chi connectivity index (χ0v) is 16.1. The van der Waals surface area contributed by atoms with Gasteiger partial charge in [0.2, 0.25) is 5.88 Å². The Morgan fingerprint density at radius 2 is 2.07 bits per heavy atom. The molecule has 0 radical (unpaired) electrons. The molecule has 0 spiro atoms. The zero-order valence-electron chi connectivity index (χ0n) is 16.1. The Balaban J connectivity index is 1.87. The molecule has 3 aromatic rings. The highest BCUT2D eigenvalue weighted by Crippen LogP contribution is 2.26. The van der Waals surface area contributed by atoms with Gasteiger partial charge in [-0.25, -0.2) is 23.5 Å². The predicted octanol–water partition coefficient (Wildman–Crippen LogP) is 3.72. The van der Waals surface area contributed by atoms with Gasteiger partial charge in [0.1, 0.15) is 0 Å². The van der Waals surface area contributed by atoms with Crippen molar-refractivity contribution in [1.82, 2.24) is 19.7 Å². The van der Waals surface area contributed by atoms with Crippen molar-refractivity contribution in [3.05, 3.63) is 47.0 Å². The number of hydrogen-bond acceptors (Lipinski definition) is 5. The first kappa shape index (κ1) is 21.5. The normalized spacial score (nSPS) is 12.0. The highest BCUT2D eigenvalue weighted by Gasteiger charge is 2.42. The van der Waals surface area contributed by atoms with Crippen molar-refractivity contribution in [3.8, 4) is 5.88 Å². The standard InChI is InChI=1S/C19H18F4N4O3/c1-3-13-14-12(4-5-24-15(14)17(28)29)26-27(13)8-11-6-10(2)16(25-7-11)30-9-19(22,23)18(20)21/h4-7,18H,3,8-9H2,1-2H3,(H,28,29). The lowest BCUT2D eigenvalue weighted by molar-refractivity contribution is -0.148. The van der Waals surface area contributed by atoms with Gasteiger partial charge < -0.3 is 9.84 Å². The van der Waals surface area contributed by atoms with Gasteiger partial charge in [-0.3, -0.25) is 4.68 Å². The molecule has 3 aromatic heterocycles. The van der Waals surface area contributed by atoms with E-state index in [4.69, 9.17) is 4.74 Å². The fourth-order valence-corrected chi connectivity index (χ4v) is 3.05. The quantitative estimate of drug-likeness (QED) is 0.552. The number of aromatic carboxylic acids is 1. The number of carboxylic acids is 1. The number of carbonyl (C=O) groups is 1. The third-order valence-electron chi connectivity index (χ3n) is 4.43. The molecule has 11 heteroatoms. The molecule has 0 saturated heterocycles. The van der Waals surface area contributed by atoms with E-state index >= 15 is 0 Å². The molecule has 0 saturated carbocycles. The summed E-state index contributed by atoms with van der Waals surface area (Å²) in [7, 11) is 0. The lowest BCUT2D eigenvalue weighted by Crippen LogP contribution is -2.34. The number of hydrogen-bond donors (Lipinski definition) is 1. The van der Waals surface area contributed by atoms with Gasteiger partial charge in [-0.1, -0.05) is 6.92 Å². The Bertz CT molecular complexity index is 1090. The molecule has 0 bridgehead atoms. The van der Waals surface area contributed by atoms with Crippen LogP contribution in [0.2, 0.25) is 0 Å². The van der Waals surface area contributed by atoms with E-state index in [-0.39, 0.29) is 18.1 Å². The van der Waals surface area contributed by atoms with Gasteiger partial charge in [0.05, 0.1) is 17.4 Å². The second-order valence-corrected chi connectivity index (χ2v) is 6.63. The third-order valence-corrected chi connectivity index (χ3v) is 4.43. The molecule has 0 unspecified atom stereocenters. The second kappa shape index (κ2) is 8.25. The van der Waals surface area contributed by atoms with Crippen LogP contribution in [0, 0.1) is 6.92 Å². The van der Waals surface area contributed by atoms with Gasteiger partial charge in [0.15, 0.2) is 12.3 Å². The molecule has 1 N–H and O–H groups in total. The summed E-state index contributed by atoms with van der Waals surface area (Å²) in [5.41, 5.74) is 2.10. The van der Waals surface area contributed by atoms with E-state index in [0.29, 0.717) is 34.1 Å². The van der Waals surface area contributed by atoms with E-state index in [1.165, 1.54) is 12.4 Å². The molecule has 30 heavy (non-hydrogen) atoms. The Morgan fingerprint density at radius 3 is 2.67 bits per heavy atom. The van der Waals surface area contributed by atoms with Crippen LogP contribution in [0.3, 0.4) is 0 Å². The molecule has 0 fully saturated rings. The lowest BCUT2D eigenvalue weighted by atomic mass is 10.1. The van der Waals surface area contributed by atoms with Crippen molar-refractivity contribution in [2.24, 2.45) is 0 Å². The second-order valence-electron chi connectivity index (χ2n) is 6.63. The summed E-state index contributed by atoms with van der Waals surface area (Å²) in [5, 5.41) is 14.3. The van der Waals surface area contributed by atoms with Crippen LogP contribution in [-0.2, 0) is 13.0 Å². The highest BCUT2D eigenvalue weighted by atomic mass is 19.3. The Hall–Kier alpha value is -3.24. The van der Waals surface area contributed by atoms with Crippen molar-refractivity contribution >= 4 is 16.9 Å². The van der Waals surface area contributed by atoms with Crippen LogP contribution >= 0.6 is 0 Å². The maximum absolute atomic E-state index is 13.0. The molecule has 0 aliphatic heterocycles. The number of rotatable bonds is 8. The molecule has 0 atom stereocenters. The summed E-state index contributed by atoms with van der Waals surface area (Å²) in [6.45, 7) is 2.17. The van der Waals surface area contributed by atoms with Gasteiger partial charge in [0, 0.05) is 23.7 Å². The minimum Gasteiger partial charge on any atom is -0.476 e. The monoisotopic (exact) mass is 426 g/mol. The van der Waals surface area contributed by atoms with Crippen molar-refractivity contribution in [2.75, 3.05) is 6.61 Å².